The maximum atomic E-state index is 13.5. The van der Waals surface area contributed by atoms with Gasteiger partial charge >= 0.3 is 0 Å². The van der Waals surface area contributed by atoms with Crippen LogP contribution in [0.4, 0.5) is 10.1 Å². The third kappa shape index (κ3) is 3.46. The van der Waals surface area contributed by atoms with Gasteiger partial charge in [-0.15, -0.1) is 0 Å². The zero-order valence-electron chi connectivity index (χ0n) is 9.75. The summed E-state index contributed by atoms with van der Waals surface area (Å²) < 4.78 is 14.4. The highest BCUT2D eigenvalue weighted by Crippen LogP contribution is 2.22. The van der Waals surface area contributed by atoms with Gasteiger partial charge in [0, 0.05) is 21.6 Å². The summed E-state index contributed by atoms with van der Waals surface area (Å²) in [6.45, 7) is 0.267. The number of nitriles is 1. The Labute approximate surface area is 123 Å². The lowest BCUT2D eigenvalue weighted by molar-refractivity contribution is 0.613. The van der Waals surface area contributed by atoms with Crippen molar-refractivity contribution in [1.82, 2.24) is 0 Å². The normalized spacial score (nSPS) is 10.0. The molecule has 2 nitrogen and oxygen atoms in total. The lowest BCUT2D eigenvalue weighted by Gasteiger charge is -2.09. The second kappa shape index (κ2) is 6.05. The molecule has 1 N–H and O–H groups in total. The highest BCUT2D eigenvalue weighted by molar-refractivity contribution is 9.10. The maximum absolute atomic E-state index is 13.5. The molecule has 0 bridgehead atoms. The van der Waals surface area contributed by atoms with Crippen LogP contribution in [0.5, 0.6) is 0 Å². The van der Waals surface area contributed by atoms with Crippen LogP contribution in [0.25, 0.3) is 0 Å². The van der Waals surface area contributed by atoms with Crippen LogP contribution in [-0.4, -0.2) is 0 Å². The largest absolute Gasteiger partial charge is 0.380 e. The highest BCUT2D eigenvalue weighted by atomic mass is 79.9. The van der Waals surface area contributed by atoms with E-state index in [1.54, 1.807) is 18.2 Å². The zero-order valence-corrected chi connectivity index (χ0v) is 12.1. The molecule has 0 fully saturated rings. The van der Waals surface area contributed by atoms with Crippen molar-refractivity contribution < 1.29 is 4.39 Å². The van der Waals surface area contributed by atoms with Gasteiger partial charge in [-0.1, -0.05) is 27.5 Å². The lowest BCUT2D eigenvalue weighted by Crippen LogP contribution is -2.03. The quantitative estimate of drug-likeness (QED) is 0.878. The Bertz CT molecular complexity index is 652. The van der Waals surface area contributed by atoms with Crippen molar-refractivity contribution in [3.8, 4) is 6.07 Å². The molecular weight excluding hydrogens is 331 g/mol. The molecule has 0 heterocycles. The summed E-state index contributed by atoms with van der Waals surface area (Å²) in [5, 5.41) is 12.5. The molecule has 0 amide bonds. The van der Waals surface area contributed by atoms with E-state index in [-0.39, 0.29) is 12.4 Å². The fraction of sp³-hybridized carbons (Fsp3) is 0.0714. The first-order chi connectivity index (χ1) is 9.10. The third-order valence-electron chi connectivity index (χ3n) is 2.58. The second-order valence-corrected chi connectivity index (χ2v) is 5.24. The van der Waals surface area contributed by atoms with Crippen molar-refractivity contribution in [2.24, 2.45) is 0 Å². The third-order valence-corrected chi connectivity index (χ3v) is 3.31. The number of rotatable bonds is 3. The first-order valence-electron chi connectivity index (χ1n) is 5.47. The van der Waals surface area contributed by atoms with Crippen LogP contribution in [0.1, 0.15) is 11.1 Å². The van der Waals surface area contributed by atoms with Gasteiger partial charge in [-0.05, 0) is 36.4 Å². The fourth-order valence-corrected chi connectivity index (χ4v) is 2.19. The topological polar surface area (TPSA) is 35.8 Å². The van der Waals surface area contributed by atoms with E-state index in [0.29, 0.717) is 21.8 Å². The molecule has 2 aromatic rings. The van der Waals surface area contributed by atoms with Gasteiger partial charge in [-0.2, -0.15) is 5.26 Å². The van der Waals surface area contributed by atoms with Crippen LogP contribution in [0.2, 0.25) is 5.02 Å². The van der Waals surface area contributed by atoms with Crippen LogP contribution < -0.4 is 5.32 Å². The van der Waals surface area contributed by atoms with Gasteiger partial charge in [-0.25, -0.2) is 4.39 Å². The molecule has 0 unspecified atom stereocenters. The summed E-state index contributed by atoms with van der Waals surface area (Å²) in [6.07, 6.45) is 0. The molecule has 0 aliphatic heterocycles. The fourth-order valence-electron chi connectivity index (χ4n) is 1.63. The second-order valence-electron chi connectivity index (χ2n) is 3.89. The number of halogens is 3. The number of anilines is 1. The van der Waals surface area contributed by atoms with E-state index in [0.717, 1.165) is 4.47 Å². The first-order valence-corrected chi connectivity index (χ1v) is 6.64. The van der Waals surface area contributed by atoms with Gasteiger partial charge < -0.3 is 5.32 Å². The SMILES string of the molecule is N#Cc1cc(Br)ccc1NCc1cc(Cl)ccc1F. The number of nitrogens with zero attached hydrogens (tertiary/aromatic N) is 1. The minimum Gasteiger partial charge on any atom is -0.380 e. The van der Waals surface area contributed by atoms with Gasteiger partial charge in [-0.3, -0.25) is 0 Å². The Morgan fingerprint density at radius 3 is 2.79 bits per heavy atom. The Morgan fingerprint density at radius 2 is 2.05 bits per heavy atom. The first kappa shape index (κ1) is 13.9. The highest BCUT2D eigenvalue weighted by Gasteiger charge is 2.06. The summed E-state index contributed by atoms with van der Waals surface area (Å²) >= 11 is 9.12. The van der Waals surface area contributed by atoms with Gasteiger partial charge in [0.25, 0.3) is 0 Å². The van der Waals surface area contributed by atoms with Crippen LogP contribution in [-0.2, 0) is 6.54 Å². The minimum atomic E-state index is -0.326. The van der Waals surface area contributed by atoms with Crippen molar-refractivity contribution >= 4 is 33.2 Å². The molecule has 0 saturated heterocycles. The number of benzene rings is 2. The van der Waals surface area contributed by atoms with Crippen LogP contribution in [0.15, 0.2) is 40.9 Å². The van der Waals surface area contributed by atoms with Crippen LogP contribution >= 0.6 is 27.5 Å². The van der Waals surface area contributed by atoms with E-state index in [2.05, 4.69) is 27.3 Å². The van der Waals surface area contributed by atoms with Gasteiger partial charge in [0.1, 0.15) is 11.9 Å². The van der Waals surface area contributed by atoms with E-state index in [9.17, 15) is 4.39 Å². The van der Waals surface area contributed by atoms with E-state index in [4.69, 9.17) is 16.9 Å². The number of hydrogen-bond donors (Lipinski definition) is 1. The van der Waals surface area contributed by atoms with E-state index < -0.39 is 0 Å². The molecule has 0 saturated carbocycles. The van der Waals surface area contributed by atoms with Crippen molar-refractivity contribution in [3.05, 3.63) is 62.8 Å². The summed E-state index contributed by atoms with van der Waals surface area (Å²) in [6, 6.07) is 11.8. The Kier molecular flexibility index (Phi) is 4.41. The van der Waals surface area contributed by atoms with Crippen molar-refractivity contribution in [2.75, 3.05) is 5.32 Å². The van der Waals surface area contributed by atoms with Gasteiger partial charge in [0.05, 0.1) is 11.3 Å². The molecule has 0 aliphatic rings. The summed E-state index contributed by atoms with van der Waals surface area (Å²) in [5.74, 6) is -0.326. The number of hydrogen-bond acceptors (Lipinski definition) is 2. The number of nitrogens with one attached hydrogen (secondary N) is 1. The van der Waals surface area contributed by atoms with Gasteiger partial charge in [0.2, 0.25) is 0 Å². The maximum Gasteiger partial charge on any atom is 0.128 e. The Hall–Kier alpha value is -1.57. The predicted molar refractivity (Wildman–Crippen MR) is 77.6 cm³/mol. The molecule has 19 heavy (non-hydrogen) atoms. The van der Waals surface area contributed by atoms with Crippen molar-refractivity contribution in [3.63, 3.8) is 0 Å². The summed E-state index contributed by atoms with van der Waals surface area (Å²) in [7, 11) is 0. The molecule has 0 spiro atoms. The zero-order chi connectivity index (χ0) is 13.8. The predicted octanol–water partition coefficient (Wildman–Crippen LogP) is 4.73. The molecule has 2 aromatic carbocycles. The molecule has 0 radical (unpaired) electrons. The molecule has 96 valence electrons. The minimum absolute atomic E-state index is 0.267. The molecule has 0 aliphatic carbocycles. The lowest BCUT2D eigenvalue weighted by atomic mass is 10.1. The average molecular weight is 340 g/mol. The Morgan fingerprint density at radius 1 is 1.26 bits per heavy atom. The molecule has 0 aromatic heterocycles. The molecular formula is C14H9BrClFN2. The monoisotopic (exact) mass is 338 g/mol. The molecule has 2 rings (SSSR count). The molecule has 5 heteroatoms. The summed E-state index contributed by atoms with van der Waals surface area (Å²) in [5.41, 5.74) is 1.61. The molecule has 0 atom stereocenters. The van der Waals surface area contributed by atoms with E-state index in [1.165, 1.54) is 12.1 Å². The summed E-state index contributed by atoms with van der Waals surface area (Å²) in [4.78, 5) is 0. The van der Waals surface area contributed by atoms with E-state index >= 15 is 0 Å². The standard InChI is InChI=1S/C14H9BrClFN2/c15-11-1-4-14(9(5-11)7-18)19-8-10-6-12(16)2-3-13(10)17/h1-6,19H,8H2. The van der Waals surface area contributed by atoms with Gasteiger partial charge in [0.15, 0.2) is 0 Å². The van der Waals surface area contributed by atoms with Crippen LogP contribution in [0, 0.1) is 17.1 Å². The smallest absolute Gasteiger partial charge is 0.128 e. The Balaban J connectivity index is 2.19. The van der Waals surface area contributed by atoms with Crippen LogP contribution in [0.3, 0.4) is 0 Å². The average Bonchev–Trinajstić information content (AvgIpc) is 2.40. The van der Waals surface area contributed by atoms with Crippen molar-refractivity contribution in [1.29, 1.82) is 5.26 Å². The van der Waals surface area contributed by atoms with E-state index in [1.807, 2.05) is 6.07 Å². The van der Waals surface area contributed by atoms with Crippen molar-refractivity contribution in [2.45, 2.75) is 6.54 Å².